The monoisotopic (exact) mass is 346 g/mol. The molecule has 0 bridgehead atoms. The number of esters is 1. The van der Waals surface area contributed by atoms with Crippen molar-refractivity contribution in [2.45, 2.75) is 70.9 Å². The average molecular weight is 346 g/mol. The van der Waals surface area contributed by atoms with Crippen molar-refractivity contribution < 1.29 is 23.1 Å². The minimum atomic E-state index is -2.66. The largest absolute Gasteiger partial charge is 0.460 e. The van der Waals surface area contributed by atoms with Crippen LogP contribution in [0.1, 0.15) is 52.9 Å². The van der Waals surface area contributed by atoms with Gasteiger partial charge in [-0.25, -0.2) is 13.6 Å². The van der Waals surface area contributed by atoms with Gasteiger partial charge in [0.25, 0.3) is 0 Å². The van der Waals surface area contributed by atoms with Crippen LogP contribution in [-0.4, -0.2) is 48.1 Å². The van der Waals surface area contributed by atoms with Gasteiger partial charge in [0.15, 0.2) is 0 Å². The van der Waals surface area contributed by atoms with Crippen molar-refractivity contribution in [2.75, 3.05) is 13.1 Å². The van der Waals surface area contributed by atoms with E-state index >= 15 is 0 Å². The molecule has 1 aliphatic carbocycles. The smallest absolute Gasteiger partial charge is 0.317 e. The zero-order valence-corrected chi connectivity index (χ0v) is 14.7. The molecule has 0 aromatic rings. The third kappa shape index (κ3) is 5.05. The lowest BCUT2D eigenvalue weighted by atomic mass is 9.96. The van der Waals surface area contributed by atoms with Crippen LogP contribution >= 0.6 is 0 Å². The first-order valence-corrected chi connectivity index (χ1v) is 8.74. The van der Waals surface area contributed by atoms with E-state index in [1.165, 1.54) is 11.3 Å². The Morgan fingerprint density at radius 1 is 1.12 bits per heavy atom. The molecule has 24 heavy (non-hydrogen) atoms. The molecular formula is C17H28F2N2O3. The van der Waals surface area contributed by atoms with Crippen LogP contribution in [0.15, 0.2) is 0 Å². The number of nitrogens with zero attached hydrogens (tertiary/aromatic N) is 1. The maximum Gasteiger partial charge on any atom is 0.317 e. The molecule has 138 valence electrons. The summed E-state index contributed by atoms with van der Waals surface area (Å²) in [4.78, 5) is 25.9. The Hall–Kier alpha value is -1.40. The number of carbonyl (C=O) groups is 2. The summed E-state index contributed by atoms with van der Waals surface area (Å²) in [5.41, 5.74) is -0.735. The lowest BCUT2D eigenvalue weighted by Crippen LogP contribution is -2.45. The van der Waals surface area contributed by atoms with Crippen LogP contribution in [0.3, 0.4) is 0 Å². The highest BCUT2D eigenvalue weighted by Gasteiger charge is 2.46. The molecule has 0 spiro atoms. The molecule has 1 N–H and O–H groups in total. The summed E-state index contributed by atoms with van der Waals surface area (Å²) in [7, 11) is 0. The summed E-state index contributed by atoms with van der Waals surface area (Å²) < 4.78 is 31.9. The lowest BCUT2D eigenvalue weighted by Gasteiger charge is -2.26. The van der Waals surface area contributed by atoms with Crippen molar-refractivity contribution in [3.63, 3.8) is 0 Å². The maximum atomic E-state index is 13.3. The quantitative estimate of drug-likeness (QED) is 0.799. The molecule has 1 heterocycles. The number of hydrogen-bond acceptors (Lipinski definition) is 3. The van der Waals surface area contributed by atoms with Crippen LogP contribution in [0.5, 0.6) is 0 Å². The fraction of sp³-hybridized carbons (Fsp3) is 0.882. The number of rotatable bonds is 3. The second-order valence-corrected chi connectivity index (χ2v) is 7.83. The van der Waals surface area contributed by atoms with Gasteiger partial charge < -0.3 is 15.0 Å². The van der Waals surface area contributed by atoms with Crippen LogP contribution in [0.4, 0.5) is 13.6 Å². The van der Waals surface area contributed by atoms with E-state index in [9.17, 15) is 18.4 Å². The van der Waals surface area contributed by atoms with Crippen molar-refractivity contribution in [2.24, 2.45) is 11.8 Å². The van der Waals surface area contributed by atoms with E-state index in [1.54, 1.807) is 20.8 Å². The summed E-state index contributed by atoms with van der Waals surface area (Å²) in [6.45, 7) is 4.98. The van der Waals surface area contributed by atoms with Crippen molar-refractivity contribution in [3.8, 4) is 0 Å². The van der Waals surface area contributed by atoms with E-state index in [0.717, 1.165) is 25.7 Å². The van der Waals surface area contributed by atoms with Gasteiger partial charge in [-0.1, -0.05) is 19.3 Å². The third-order valence-corrected chi connectivity index (χ3v) is 4.62. The van der Waals surface area contributed by atoms with Gasteiger partial charge in [-0.3, -0.25) is 4.79 Å². The van der Waals surface area contributed by atoms with Gasteiger partial charge in [-0.05, 0) is 33.6 Å². The van der Waals surface area contributed by atoms with E-state index in [4.69, 9.17) is 4.74 Å². The fourth-order valence-corrected chi connectivity index (χ4v) is 3.39. The number of nitrogens with one attached hydrogen (secondary N) is 1. The third-order valence-electron chi connectivity index (χ3n) is 4.62. The number of halogens is 2. The first-order chi connectivity index (χ1) is 11.2. The molecule has 2 fully saturated rings. The minimum absolute atomic E-state index is 0.0114. The SMILES string of the molecule is CC(C)(C)OC(=O)[C@@H]1CN(C(=O)NC2CCCCC2)C[C@H]1C(F)F. The van der Waals surface area contributed by atoms with Gasteiger partial charge in [0.05, 0.1) is 11.8 Å². The van der Waals surface area contributed by atoms with E-state index in [1.807, 2.05) is 0 Å². The number of alkyl halides is 2. The van der Waals surface area contributed by atoms with E-state index < -0.39 is 29.8 Å². The second-order valence-electron chi connectivity index (χ2n) is 7.83. The predicted octanol–water partition coefficient (Wildman–Crippen LogP) is 3.18. The number of urea groups is 1. The van der Waals surface area contributed by atoms with Crippen molar-refractivity contribution >= 4 is 12.0 Å². The van der Waals surface area contributed by atoms with Crippen LogP contribution in [0.25, 0.3) is 0 Å². The molecule has 2 rings (SSSR count). The molecule has 0 aromatic heterocycles. The summed E-state index contributed by atoms with van der Waals surface area (Å²) in [5, 5.41) is 2.92. The molecular weight excluding hydrogens is 318 g/mol. The Bertz CT molecular complexity index is 459. The second kappa shape index (κ2) is 7.66. The van der Waals surface area contributed by atoms with E-state index in [0.29, 0.717) is 0 Å². The van der Waals surface area contributed by atoms with Gasteiger partial charge in [0.1, 0.15) is 5.60 Å². The van der Waals surface area contributed by atoms with E-state index in [-0.39, 0.29) is 25.2 Å². The molecule has 0 aromatic carbocycles. The summed E-state index contributed by atoms with van der Waals surface area (Å²) >= 11 is 0. The Kier molecular flexibility index (Phi) is 6.04. The van der Waals surface area contributed by atoms with Gasteiger partial charge in [0, 0.05) is 19.1 Å². The topological polar surface area (TPSA) is 58.6 Å². The van der Waals surface area contributed by atoms with Gasteiger partial charge in [0.2, 0.25) is 6.43 Å². The number of ether oxygens (including phenoxy) is 1. The molecule has 2 aliphatic rings. The molecule has 1 aliphatic heterocycles. The standard InChI is InChI=1S/C17H28F2N2O3/c1-17(2,3)24-15(22)13-10-21(9-12(13)14(18)19)16(23)20-11-7-5-4-6-8-11/h11-14H,4-10H2,1-3H3,(H,20,23)/t12-,13-/m1/s1. The lowest BCUT2D eigenvalue weighted by molar-refractivity contribution is -0.162. The van der Waals surface area contributed by atoms with Crippen LogP contribution in [0.2, 0.25) is 0 Å². The highest BCUT2D eigenvalue weighted by atomic mass is 19.3. The van der Waals surface area contributed by atoms with Crippen molar-refractivity contribution in [1.82, 2.24) is 10.2 Å². The van der Waals surface area contributed by atoms with E-state index in [2.05, 4.69) is 5.32 Å². The molecule has 5 nitrogen and oxygen atoms in total. The minimum Gasteiger partial charge on any atom is -0.460 e. The Labute approximate surface area is 142 Å². The highest BCUT2D eigenvalue weighted by molar-refractivity contribution is 5.79. The molecule has 2 atom stereocenters. The number of likely N-dealkylation sites (tertiary alicyclic amines) is 1. The molecule has 1 saturated heterocycles. The van der Waals surface area contributed by atoms with Gasteiger partial charge >= 0.3 is 12.0 Å². The van der Waals surface area contributed by atoms with Gasteiger partial charge in [-0.15, -0.1) is 0 Å². The molecule has 2 amide bonds. The first kappa shape index (κ1) is 18.9. The van der Waals surface area contributed by atoms with Crippen LogP contribution < -0.4 is 5.32 Å². The maximum absolute atomic E-state index is 13.3. The number of carbonyl (C=O) groups excluding carboxylic acids is 2. The summed E-state index contributed by atoms with van der Waals surface area (Å²) in [5.74, 6) is -2.79. The molecule has 0 unspecified atom stereocenters. The Balaban J connectivity index is 1.97. The Morgan fingerprint density at radius 3 is 2.29 bits per heavy atom. The molecule has 1 saturated carbocycles. The number of amides is 2. The highest BCUT2D eigenvalue weighted by Crippen LogP contribution is 2.31. The molecule has 7 heteroatoms. The fourth-order valence-electron chi connectivity index (χ4n) is 3.39. The first-order valence-electron chi connectivity index (χ1n) is 8.74. The van der Waals surface area contributed by atoms with Crippen molar-refractivity contribution in [1.29, 1.82) is 0 Å². The normalized spacial score (nSPS) is 25.8. The van der Waals surface area contributed by atoms with Crippen LogP contribution in [0, 0.1) is 11.8 Å². The summed E-state index contributed by atoms with van der Waals surface area (Å²) in [6, 6.07) is -0.240. The molecule has 0 radical (unpaired) electrons. The number of hydrogen-bond donors (Lipinski definition) is 1. The zero-order valence-electron chi connectivity index (χ0n) is 14.7. The van der Waals surface area contributed by atoms with Crippen LogP contribution in [-0.2, 0) is 9.53 Å². The predicted molar refractivity (Wildman–Crippen MR) is 85.8 cm³/mol. The van der Waals surface area contributed by atoms with Crippen molar-refractivity contribution in [3.05, 3.63) is 0 Å². The van der Waals surface area contributed by atoms with Gasteiger partial charge in [-0.2, -0.15) is 0 Å². The zero-order chi connectivity index (χ0) is 17.9. The average Bonchev–Trinajstić information content (AvgIpc) is 2.92. The summed E-state index contributed by atoms with van der Waals surface area (Å²) in [6.07, 6.45) is 2.51. The Morgan fingerprint density at radius 2 is 1.75 bits per heavy atom.